The van der Waals surface area contributed by atoms with E-state index < -0.39 is 0 Å². The summed E-state index contributed by atoms with van der Waals surface area (Å²) in [7, 11) is 1.68. The predicted octanol–water partition coefficient (Wildman–Crippen LogP) is 5.72. The number of para-hydroxylation sites is 1. The van der Waals surface area contributed by atoms with E-state index >= 15 is 0 Å². The van der Waals surface area contributed by atoms with Crippen molar-refractivity contribution in [3.8, 4) is 17.2 Å². The van der Waals surface area contributed by atoms with Crippen LogP contribution in [0.2, 0.25) is 0 Å². The lowest BCUT2D eigenvalue weighted by Gasteiger charge is -2.38. The van der Waals surface area contributed by atoms with Crippen molar-refractivity contribution in [3.05, 3.63) is 89.5 Å². The van der Waals surface area contributed by atoms with Crippen molar-refractivity contribution in [1.29, 1.82) is 0 Å². The summed E-state index contributed by atoms with van der Waals surface area (Å²) in [5.74, 6) is 2.62. The molecule has 2 atom stereocenters. The summed E-state index contributed by atoms with van der Waals surface area (Å²) in [5.41, 5.74) is 4.38. The van der Waals surface area contributed by atoms with Gasteiger partial charge in [0.25, 0.3) is 0 Å². The number of hydrazone groups is 1. The number of hydrogen-bond donors (Lipinski definition) is 0. The molecule has 0 unspecified atom stereocenters. The normalized spacial score (nSPS) is 19.4. The summed E-state index contributed by atoms with van der Waals surface area (Å²) < 4.78 is 17.5. The summed E-state index contributed by atoms with van der Waals surface area (Å²) in [6, 6.07) is 24.6. The van der Waals surface area contributed by atoms with Crippen LogP contribution in [-0.2, 0) is 0 Å². The Morgan fingerprint density at radius 1 is 0.935 bits per heavy atom. The average Bonchev–Trinajstić information content (AvgIpc) is 3.25. The van der Waals surface area contributed by atoms with Crippen LogP contribution in [0.15, 0.2) is 77.9 Å². The summed E-state index contributed by atoms with van der Waals surface area (Å²) in [5, 5.41) is 7.11. The third kappa shape index (κ3) is 3.72. The molecule has 0 saturated carbocycles. The molecule has 5 rings (SSSR count). The van der Waals surface area contributed by atoms with E-state index in [1.54, 1.807) is 7.11 Å². The maximum Gasteiger partial charge on any atom is 0.213 e. The Balaban J connectivity index is 1.50. The van der Waals surface area contributed by atoms with Crippen LogP contribution >= 0.6 is 0 Å². The second kappa shape index (κ2) is 7.99. The zero-order valence-corrected chi connectivity index (χ0v) is 18.0. The Kier molecular flexibility index (Phi) is 5.02. The van der Waals surface area contributed by atoms with Gasteiger partial charge in [-0.15, -0.1) is 0 Å². The highest BCUT2D eigenvalue weighted by Gasteiger charge is 2.40. The van der Waals surface area contributed by atoms with E-state index in [1.165, 1.54) is 5.56 Å². The minimum atomic E-state index is -0.288. The number of hydrogen-bond acceptors (Lipinski definition) is 5. The van der Waals surface area contributed by atoms with Gasteiger partial charge in [0.1, 0.15) is 17.2 Å². The summed E-state index contributed by atoms with van der Waals surface area (Å²) >= 11 is 0. The van der Waals surface area contributed by atoms with Crippen molar-refractivity contribution in [3.63, 3.8) is 0 Å². The molecule has 0 saturated heterocycles. The molecule has 0 bridgehead atoms. The van der Waals surface area contributed by atoms with Crippen molar-refractivity contribution < 1.29 is 14.2 Å². The monoisotopic (exact) mass is 414 g/mol. The fraction of sp³-hybridized carbons (Fsp3) is 0.269. The van der Waals surface area contributed by atoms with Gasteiger partial charge in [0, 0.05) is 17.5 Å². The van der Waals surface area contributed by atoms with Gasteiger partial charge in [-0.05, 0) is 74.0 Å². The average molecular weight is 415 g/mol. The van der Waals surface area contributed by atoms with Crippen LogP contribution in [0, 0.1) is 0 Å². The van der Waals surface area contributed by atoms with E-state index in [-0.39, 0.29) is 18.4 Å². The van der Waals surface area contributed by atoms with E-state index in [9.17, 15) is 0 Å². The SMILES string of the molecule is COc1ccc(C2=NN3[C@H](C2)c2ccccc2O[C@H]3c2ccc(OC(C)C)cc2)cc1. The molecule has 5 nitrogen and oxygen atoms in total. The largest absolute Gasteiger partial charge is 0.497 e. The maximum absolute atomic E-state index is 6.43. The molecule has 0 radical (unpaired) electrons. The molecule has 0 spiro atoms. The molecular formula is C26H26N2O3. The predicted molar refractivity (Wildman–Crippen MR) is 121 cm³/mol. The van der Waals surface area contributed by atoms with E-state index in [1.807, 2.05) is 50.2 Å². The minimum Gasteiger partial charge on any atom is -0.497 e. The van der Waals surface area contributed by atoms with Gasteiger partial charge in [-0.2, -0.15) is 5.10 Å². The Morgan fingerprint density at radius 2 is 1.65 bits per heavy atom. The molecule has 0 aliphatic carbocycles. The number of fused-ring (bicyclic) bond motifs is 3. The zero-order valence-electron chi connectivity index (χ0n) is 18.0. The maximum atomic E-state index is 6.43. The second-order valence-electron chi connectivity index (χ2n) is 8.12. The van der Waals surface area contributed by atoms with Crippen molar-refractivity contribution in [2.75, 3.05) is 7.11 Å². The molecule has 2 aliphatic rings. The molecule has 2 heterocycles. The van der Waals surface area contributed by atoms with Crippen molar-refractivity contribution in [2.24, 2.45) is 5.10 Å². The molecule has 0 amide bonds. The van der Waals surface area contributed by atoms with Crippen LogP contribution in [-0.4, -0.2) is 23.9 Å². The van der Waals surface area contributed by atoms with E-state index in [0.717, 1.165) is 40.5 Å². The third-order valence-electron chi connectivity index (χ3n) is 5.66. The van der Waals surface area contributed by atoms with E-state index in [4.69, 9.17) is 19.3 Å². The third-order valence-corrected chi connectivity index (χ3v) is 5.66. The molecule has 2 aliphatic heterocycles. The van der Waals surface area contributed by atoms with Gasteiger partial charge < -0.3 is 14.2 Å². The van der Waals surface area contributed by atoms with Gasteiger partial charge in [0.05, 0.1) is 25.0 Å². The number of rotatable bonds is 5. The van der Waals surface area contributed by atoms with Crippen molar-refractivity contribution in [1.82, 2.24) is 5.01 Å². The smallest absolute Gasteiger partial charge is 0.213 e. The van der Waals surface area contributed by atoms with Crippen molar-refractivity contribution >= 4 is 5.71 Å². The van der Waals surface area contributed by atoms with Gasteiger partial charge in [-0.25, -0.2) is 5.01 Å². The second-order valence-corrected chi connectivity index (χ2v) is 8.12. The highest BCUT2D eigenvalue weighted by Crippen LogP contribution is 2.47. The first-order valence-corrected chi connectivity index (χ1v) is 10.6. The molecule has 0 fully saturated rings. The molecule has 0 N–H and O–H groups in total. The van der Waals surface area contributed by atoms with Crippen molar-refractivity contribution in [2.45, 2.75) is 38.6 Å². The minimum absolute atomic E-state index is 0.138. The topological polar surface area (TPSA) is 43.3 Å². The Bertz CT molecular complexity index is 1090. The number of methoxy groups -OCH3 is 1. The van der Waals surface area contributed by atoms with Gasteiger partial charge in [-0.1, -0.05) is 18.2 Å². The first-order chi connectivity index (χ1) is 15.1. The fourth-order valence-corrected chi connectivity index (χ4v) is 4.20. The van der Waals surface area contributed by atoms with Crippen LogP contribution in [0.3, 0.4) is 0 Å². The van der Waals surface area contributed by atoms with Crippen LogP contribution < -0.4 is 14.2 Å². The standard InChI is InChI=1S/C26H26N2O3/c1-17(2)30-21-14-10-19(11-15-21)26-28-24(22-6-4-5-7-25(22)31-26)16-23(27-28)18-8-12-20(29-3)13-9-18/h4-15,17,24,26H,16H2,1-3H3/t24-,26+/m1/s1. The van der Waals surface area contributed by atoms with Crippen LogP contribution in [0.1, 0.15) is 49.2 Å². The lowest BCUT2D eigenvalue weighted by Crippen LogP contribution is -2.33. The van der Waals surface area contributed by atoms with Gasteiger partial charge in [0.15, 0.2) is 0 Å². The summed E-state index contributed by atoms with van der Waals surface area (Å²) in [4.78, 5) is 0. The highest BCUT2D eigenvalue weighted by atomic mass is 16.5. The first-order valence-electron chi connectivity index (χ1n) is 10.6. The Morgan fingerprint density at radius 3 is 2.35 bits per heavy atom. The molecule has 158 valence electrons. The first kappa shape index (κ1) is 19.5. The molecule has 3 aromatic rings. The highest BCUT2D eigenvalue weighted by molar-refractivity contribution is 6.02. The quantitative estimate of drug-likeness (QED) is 0.535. The Labute approximate surface area is 182 Å². The summed E-state index contributed by atoms with van der Waals surface area (Å²) in [6.07, 6.45) is 0.685. The lowest BCUT2D eigenvalue weighted by molar-refractivity contribution is -0.0190. The molecule has 5 heteroatoms. The fourth-order valence-electron chi connectivity index (χ4n) is 4.20. The van der Waals surface area contributed by atoms with Crippen LogP contribution in [0.5, 0.6) is 17.2 Å². The lowest BCUT2D eigenvalue weighted by atomic mass is 9.96. The van der Waals surface area contributed by atoms with E-state index in [0.29, 0.717) is 0 Å². The summed E-state index contributed by atoms with van der Waals surface area (Å²) in [6.45, 7) is 4.05. The number of ether oxygens (including phenoxy) is 3. The molecule has 0 aromatic heterocycles. The number of benzene rings is 3. The van der Waals surface area contributed by atoms with Crippen LogP contribution in [0.25, 0.3) is 0 Å². The van der Waals surface area contributed by atoms with Gasteiger partial charge >= 0.3 is 0 Å². The number of nitrogens with zero attached hydrogens (tertiary/aromatic N) is 2. The Hall–Kier alpha value is -3.47. The molecule has 31 heavy (non-hydrogen) atoms. The molecular weight excluding hydrogens is 388 g/mol. The van der Waals surface area contributed by atoms with E-state index in [2.05, 4.69) is 41.4 Å². The van der Waals surface area contributed by atoms with Gasteiger partial charge in [-0.3, -0.25) is 0 Å². The van der Waals surface area contributed by atoms with Crippen LogP contribution in [0.4, 0.5) is 0 Å². The van der Waals surface area contributed by atoms with Gasteiger partial charge in [0.2, 0.25) is 6.23 Å². The zero-order chi connectivity index (χ0) is 21.4. The molecule has 3 aromatic carbocycles.